The minimum absolute atomic E-state index is 0.00204. The van der Waals surface area contributed by atoms with E-state index >= 15 is 0 Å². The summed E-state index contributed by atoms with van der Waals surface area (Å²) in [6, 6.07) is 21.4. The zero-order valence-corrected chi connectivity index (χ0v) is 41.6. The van der Waals surface area contributed by atoms with Gasteiger partial charge in [0.25, 0.3) is 5.69 Å². The molecule has 8 nitrogen and oxygen atoms in total. The van der Waals surface area contributed by atoms with E-state index in [0.29, 0.717) is 49.0 Å². The van der Waals surface area contributed by atoms with Gasteiger partial charge in [-0.15, -0.1) is 0 Å². The first kappa shape index (κ1) is 48.0. The number of hydrogen-bond acceptors (Lipinski definition) is 7. The highest BCUT2D eigenvalue weighted by Gasteiger charge is 2.29. The van der Waals surface area contributed by atoms with Gasteiger partial charge in [0.2, 0.25) is 0 Å². The molecular formula is C56H71NO7. The van der Waals surface area contributed by atoms with Crippen molar-refractivity contribution in [2.24, 2.45) is 0 Å². The van der Waals surface area contributed by atoms with Crippen molar-refractivity contribution in [1.82, 2.24) is 0 Å². The maximum absolute atomic E-state index is 12.8. The van der Waals surface area contributed by atoms with Crippen LogP contribution in [0.25, 0.3) is 0 Å². The van der Waals surface area contributed by atoms with Crippen LogP contribution in [0.15, 0.2) is 60.7 Å². The Balaban J connectivity index is 1.81. The summed E-state index contributed by atoms with van der Waals surface area (Å²) in [5.74, 6) is 3.71. The van der Waals surface area contributed by atoms with E-state index in [2.05, 4.69) is 132 Å². The van der Waals surface area contributed by atoms with Crippen LogP contribution in [0.2, 0.25) is 0 Å². The summed E-state index contributed by atoms with van der Waals surface area (Å²) in [5.41, 5.74) is 13.4. The number of nitro benzene ring substituents is 1. The Hall–Kier alpha value is -5.50. The van der Waals surface area contributed by atoms with Gasteiger partial charge in [-0.3, -0.25) is 10.1 Å². The van der Waals surface area contributed by atoms with Crippen LogP contribution < -0.4 is 23.7 Å². The Morgan fingerprint density at radius 3 is 0.625 bits per heavy atom. The molecule has 8 heteroatoms. The van der Waals surface area contributed by atoms with Crippen molar-refractivity contribution in [2.75, 3.05) is 35.5 Å². The van der Waals surface area contributed by atoms with Crippen molar-refractivity contribution in [3.05, 3.63) is 149 Å². The molecular weight excluding hydrogens is 799 g/mol. The van der Waals surface area contributed by atoms with Gasteiger partial charge in [-0.05, 0) is 88.4 Å². The van der Waals surface area contributed by atoms with Gasteiger partial charge in [-0.2, -0.15) is 0 Å². The number of nitrogens with zero attached hydrogens (tertiary/aromatic N) is 1. The maximum atomic E-state index is 12.8. The van der Waals surface area contributed by atoms with Gasteiger partial charge >= 0.3 is 0 Å². The van der Waals surface area contributed by atoms with Gasteiger partial charge in [0.1, 0.15) is 28.7 Å². The van der Waals surface area contributed by atoms with Crippen molar-refractivity contribution < 1.29 is 28.6 Å². The molecule has 0 heterocycles. The van der Waals surface area contributed by atoms with E-state index in [1.54, 1.807) is 47.7 Å². The van der Waals surface area contributed by atoms with E-state index in [1.165, 1.54) is 11.1 Å². The second-order valence-electron chi connectivity index (χ2n) is 21.7. The first-order valence-corrected chi connectivity index (χ1v) is 22.5. The molecule has 0 N–H and O–H groups in total. The highest BCUT2D eigenvalue weighted by atomic mass is 16.6. The van der Waals surface area contributed by atoms with Gasteiger partial charge < -0.3 is 23.7 Å². The fourth-order valence-corrected chi connectivity index (χ4v) is 9.24. The first-order valence-electron chi connectivity index (χ1n) is 22.5. The molecule has 64 heavy (non-hydrogen) atoms. The standard InChI is InChI=1S/C56H71NO7/c1-53(2,3)43-23-33-18-34-24-44(54(4,5)6)26-36(49(34)61-14)20-38-28-46(56(10,11)12)30-40(51(38)63-16)22-42-32-47(57(58)59)31-41(52(42)64-17)21-39-29-45(55(7,8)9)27-37(50(39)62-15)19-35(25-43)48(33)60-13/h23-32H,18-22H2,1-17H3. The van der Waals surface area contributed by atoms with Crippen LogP contribution in [0.1, 0.15) is 161 Å². The van der Waals surface area contributed by atoms with Crippen LogP contribution in [0.5, 0.6) is 28.7 Å². The SMILES string of the molecule is COc1c2cc([N+](=O)[O-])cc1Cc1cc(C(C)(C)C)cc(c1OC)Cc1cc(C(C)(C)C)cc(c1OC)Cc1cc(C(C)(C)C)cc(c1OC)Cc1cc(C(C)(C)C)cc(c1OC)C2. The average molecular weight is 870 g/mol. The lowest BCUT2D eigenvalue weighted by molar-refractivity contribution is -0.385. The van der Waals surface area contributed by atoms with Gasteiger partial charge in [0.15, 0.2) is 0 Å². The molecule has 0 saturated carbocycles. The first-order chi connectivity index (χ1) is 29.8. The van der Waals surface area contributed by atoms with E-state index in [9.17, 15) is 10.1 Å². The molecule has 0 spiro atoms. The topological polar surface area (TPSA) is 89.3 Å². The van der Waals surface area contributed by atoms with E-state index in [0.717, 1.165) is 78.6 Å². The molecule has 6 rings (SSSR count). The predicted molar refractivity (Wildman–Crippen MR) is 260 cm³/mol. The Morgan fingerprint density at radius 2 is 0.500 bits per heavy atom. The molecule has 1 aliphatic carbocycles. The molecule has 0 fully saturated rings. The molecule has 10 bridgehead atoms. The normalized spacial score (nSPS) is 13.5. The minimum Gasteiger partial charge on any atom is -0.496 e. The highest BCUT2D eigenvalue weighted by Crippen LogP contribution is 2.44. The highest BCUT2D eigenvalue weighted by molar-refractivity contribution is 5.61. The minimum atomic E-state index is -0.314. The molecule has 0 aromatic heterocycles. The summed E-state index contributed by atoms with van der Waals surface area (Å²) in [5, 5.41) is 12.8. The van der Waals surface area contributed by atoms with E-state index in [-0.39, 0.29) is 32.3 Å². The fourth-order valence-electron chi connectivity index (χ4n) is 9.24. The monoisotopic (exact) mass is 870 g/mol. The largest absolute Gasteiger partial charge is 0.496 e. The number of non-ortho nitro benzene ring substituents is 1. The number of fused-ring (bicyclic) bond motifs is 10. The maximum Gasteiger partial charge on any atom is 0.270 e. The summed E-state index contributed by atoms with van der Waals surface area (Å²) >= 11 is 0. The number of hydrogen-bond donors (Lipinski definition) is 0. The zero-order valence-electron chi connectivity index (χ0n) is 41.6. The van der Waals surface area contributed by atoms with Gasteiger partial charge in [0.05, 0.1) is 40.5 Å². The summed E-state index contributed by atoms with van der Waals surface area (Å²) in [7, 11) is 8.59. The van der Waals surface area contributed by atoms with Crippen molar-refractivity contribution in [2.45, 2.75) is 137 Å². The molecule has 5 aromatic rings. The summed E-state index contributed by atoms with van der Waals surface area (Å²) in [6.45, 7) is 26.7. The lowest BCUT2D eigenvalue weighted by Crippen LogP contribution is -2.16. The Morgan fingerprint density at radius 1 is 0.344 bits per heavy atom. The van der Waals surface area contributed by atoms with Crippen LogP contribution in [0, 0.1) is 10.1 Å². The van der Waals surface area contributed by atoms with Crippen LogP contribution in [0.3, 0.4) is 0 Å². The van der Waals surface area contributed by atoms with E-state index in [4.69, 9.17) is 23.7 Å². The molecule has 0 amide bonds. The van der Waals surface area contributed by atoms with Crippen LogP contribution >= 0.6 is 0 Å². The molecule has 0 saturated heterocycles. The van der Waals surface area contributed by atoms with Crippen molar-refractivity contribution in [3.8, 4) is 28.7 Å². The molecule has 1 aliphatic rings. The van der Waals surface area contributed by atoms with Gasteiger partial charge in [0, 0.05) is 55.4 Å². The number of ether oxygens (including phenoxy) is 5. The van der Waals surface area contributed by atoms with Gasteiger partial charge in [-0.25, -0.2) is 0 Å². The summed E-state index contributed by atoms with van der Waals surface area (Å²) in [4.78, 5) is 12.5. The van der Waals surface area contributed by atoms with Crippen LogP contribution in [-0.4, -0.2) is 40.5 Å². The van der Waals surface area contributed by atoms with Gasteiger partial charge in [-0.1, -0.05) is 132 Å². The summed E-state index contributed by atoms with van der Waals surface area (Å²) in [6.07, 6.45) is 2.34. The Kier molecular flexibility index (Phi) is 13.4. The van der Waals surface area contributed by atoms with E-state index in [1.807, 2.05) is 0 Å². The predicted octanol–water partition coefficient (Wildman–Crippen LogP) is 13.1. The molecule has 5 aromatic carbocycles. The lowest BCUT2D eigenvalue weighted by Gasteiger charge is -2.28. The number of methoxy groups -OCH3 is 5. The Labute approximate surface area is 382 Å². The fraction of sp³-hybridized carbons (Fsp3) is 0.464. The molecule has 0 radical (unpaired) electrons. The number of nitro groups is 1. The Bertz CT molecular complexity index is 2410. The quantitative estimate of drug-likeness (QED) is 0.122. The molecule has 0 unspecified atom stereocenters. The molecule has 0 aliphatic heterocycles. The van der Waals surface area contributed by atoms with Crippen molar-refractivity contribution in [1.29, 1.82) is 0 Å². The third kappa shape index (κ3) is 9.91. The van der Waals surface area contributed by atoms with Crippen molar-refractivity contribution in [3.63, 3.8) is 0 Å². The molecule has 342 valence electrons. The van der Waals surface area contributed by atoms with Crippen molar-refractivity contribution >= 4 is 5.69 Å². The second kappa shape index (κ2) is 17.8. The number of rotatable bonds is 6. The summed E-state index contributed by atoms with van der Waals surface area (Å²) < 4.78 is 32.0. The number of benzene rings is 5. The second-order valence-corrected chi connectivity index (χ2v) is 21.7. The van der Waals surface area contributed by atoms with Crippen LogP contribution in [0.4, 0.5) is 5.69 Å². The average Bonchev–Trinajstić information content (AvgIpc) is 3.18. The van der Waals surface area contributed by atoms with E-state index < -0.39 is 0 Å². The van der Waals surface area contributed by atoms with Crippen LogP contribution in [-0.2, 0) is 53.8 Å². The third-order valence-electron chi connectivity index (χ3n) is 12.8. The molecule has 0 atom stereocenters. The lowest BCUT2D eigenvalue weighted by atomic mass is 9.79. The zero-order chi connectivity index (χ0) is 47.3. The third-order valence-corrected chi connectivity index (χ3v) is 12.8. The smallest absolute Gasteiger partial charge is 0.270 e.